The van der Waals surface area contributed by atoms with Crippen LogP contribution in [0.25, 0.3) is 0 Å². The number of piperidine rings is 1. The van der Waals surface area contributed by atoms with Crippen molar-refractivity contribution in [2.45, 2.75) is 18.9 Å². The van der Waals surface area contributed by atoms with Crippen molar-refractivity contribution >= 4 is 40.7 Å². The summed E-state index contributed by atoms with van der Waals surface area (Å²) in [6.07, 6.45) is 3.10. The lowest BCUT2D eigenvalue weighted by Gasteiger charge is -2.29. The molecule has 3 N–H and O–H groups in total. The van der Waals surface area contributed by atoms with E-state index in [0.29, 0.717) is 28.0 Å². The highest BCUT2D eigenvalue weighted by Crippen LogP contribution is 2.25. The van der Waals surface area contributed by atoms with E-state index in [1.54, 1.807) is 30.3 Å². The molecular formula is C18H20Cl2N3O3+. The number of anilines is 1. The van der Waals surface area contributed by atoms with Gasteiger partial charge in [-0.05, 0) is 30.3 Å². The third kappa shape index (κ3) is 5.00. The van der Waals surface area contributed by atoms with Crippen LogP contribution in [0.5, 0.6) is 0 Å². The largest absolute Gasteiger partial charge is 0.459 e. The van der Waals surface area contributed by atoms with Crippen LogP contribution in [0.4, 0.5) is 5.69 Å². The molecule has 1 aromatic carbocycles. The van der Waals surface area contributed by atoms with Crippen molar-refractivity contribution in [3.63, 3.8) is 0 Å². The Labute approximate surface area is 161 Å². The number of hydrogen-bond donors (Lipinski definition) is 3. The van der Waals surface area contributed by atoms with Gasteiger partial charge in [0.1, 0.15) is 0 Å². The van der Waals surface area contributed by atoms with Gasteiger partial charge in [-0.2, -0.15) is 0 Å². The lowest BCUT2D eigenvalue weighted by Crippen LogP contribution is -3.14. The molecule has 0 spiro atoms. The lowest BCUT2D eigenvalue weighted by molar-refractivity contribution is -0.897. The van der Waals surface area contributed by atoms with Gasteiger partial charge in [0, 0.05) is 23.9 Å². The van der Waals surface area contributed by atoms with E-state index < -0.39 is 0 Å². The number of benzene rings is 1. The van der Waals surface area contributed by atoms with E-state index in [1.165, 1.54) is 11.2 Å². The maximum Gasteiger partial charge on any atom is 0.287 e. The van der Waals surface area contributed by atoms with Gasteiger partial charge in [-0.3, -0.25) is 9.59 Å². The van der Waals surface area contributed by atoms with Gasteiger partial charge < -0.3 is 20.0 Å². The maximum absolute atomic E-state index is 12.2. The van der Waals surface area contributed by atoms with E-state index in [2.05, 4.69) is 10.6 Å². The Morgan fingerprint density at radius 3 is 2.65 bits per heavy atom. The predicted octanol–water partition coefficient (Wildman–Crippen LogP) is 2.00. The van der Waals surface area contributed by atoms with Crippen LogP contribution in [0.2, 0.25) is 10.0 Å². The van der Waals surface area contributed by atoms with Crippen LogP contribution in [0.15, 0.2) is 41.0 Å². The van der Waals surface area contributed by atoms with Crippen LogP contribution in [-0.4, -0.2) is 37.5 Å². The summed E-state index contributed by atoms with van der Waals surface area (Å²) in [4.78, 5) is 25.4. The van der Waals surface area contributed by atoms with Crippen molar-refractivity contribution in [2.24, 2.45) is 0 Å². The first-order chi connectivity index (χ1) is 12.5. The number of furan rings is 1. The molecule has 0 bridgehead atoms. The minimum atomic E-state index is -0.197. The molecule has 1 saturated heterocycles. The van der Waals surface area contributed by atoms with E-state index in [4.69, 9.17) is 27.6 Å². The van der Waals surface area contributed by atoms with Crippen molar-refractivity contribution in [2.75, 3.05) is 25.0 Å². The number of amides is 2. The minimum Gasteiger partial charge on any atom is -0.459 e. The summed E-state index contributed by atoms with van der Waals surface area (Å²) >= 11 is 12.0. The van der Waals surface area contributed by atoms with Crippen LogP contribution in [-0.2, 0) is 4.79 Å². The first-order valence-corrected chi connectivity index (χ1v) is 9.19. The molecular weight excluding hydrogens is 377 g/mol. The quantitative estimate of drug-likeness (QED) is 0.723. The Balaban J connectivity index is 1.44. The average Bonchev–Trinajstić information content (AvgIpc) is 3.14. The minimum absolute atomic E-state index is 0.0989. The van der Waals surface area contributed by atoms with Gasteiger partial charge in [0.15, 0.2) is 12.3 Å². The second kappa shape index (κ2) is 8.58. The SMILES string of the molecule is O=C(C[NH+]1CCC(NC(=O)c2ccco2)CC1)Nc1cc(Cl)ccc1Cl. The van der Waals surface area contributed by atoms with Gasteiger partial charge >= 0.3 is 0 Å². The van der Waals surface area contributed by atoms with Crippen molar-refractivity contribution in [1.82, 2.24) is 5.32 Å². The zero-order valence-corrected chi connectivity index (χ0v) is 15.6. The molecule has 0 atom stereocenters. The van der Waals surface area contributed by atoms with E-state index >= 15 is 0 Å². The van der Waals surface area contributed by atoms with E-state index in [1.807, 2.05) is 0 Å². The molecule has 2 aromatic rings. The maximum atomic E-state index is 12.2. The second-order valence-electron chi connectivity index (χ2n) is 6.32. The van der Waals surface area contributed by atoms with Crippen molar-refractivity contribution in [3.05, 3.63) is 52.4 Å². The monoisotopic (exact) mass is 396 g/mol. The van der Waals surface area contributed by atoms with E-state index in [9.17, 15) is 9.59 Å². The summed E-state index contributed by atoms with van der Waals surface area (Å²) in [6, 6.07) is 8.38. The normalized spacial score (nSPS) is 19.8. The molecule has 0 radical (unpaired) electrons. The predicted molar refractivity (Wildman–Crippen MR) is 99.9 cm³/mol. The summed E-state index contributed by atoms with van der Waals surface area (Å²) in [7, 11) is 0. The van der Waals surface area contributed by atoms with Crippen LogP contribution in [0.3, 0.4) is 0 Å². The molecule has 1 aliphatic rings. The number of carbonyl (C=O) groups is 2. The Bertz CT molecular complexity index is 772. The molecule has 8 heteroatoms. The van der Waals surface area contributed by atoms with Crippen molar-refractivity contribution in [1.29, 1.82) is 0 Å². The van der Waals surface area contributed by atoms with Gasteiger partial charge in [0.2, 0.25) is 0 Å². The first kappa shape index (κ1) is 18.8. The summed E-state index contributed by atoms with van der Waals surface area (Å²) < 4.78 is 5.09. The van der Waals surface area contributed by atoms with Gasteiger partial charge in [-0.1, -0.05) is 23.2 Å². The smallest absolute Gasteiger partial charge is 0.287 e. The van der Waals surface area contributed by atoms with Gasteiger partial charge in [-0.25, -0.2) is 0 Å². The van der Waals surface area contributed by atoms with Gasteiger partial charge in [0.05, 0.1) is 30.1 Å². The fourth-order valence-corrected chi connectivity index (χ4v) is 3.36. The third-order valence-electron chi connectivity index (χ3n) is 4.39. The van der Waals surface area contributed by atoms with Crippen LogP contribution >= 0.6 is 23.2 Å². The van der Waals surface area contributed by atoms with Crippen molar-refractivity contribution in [3.8, 4) is 0 Å². The Morgan fingerprint density at radius 2 is 1.96 bits per heavy atom. The number of halogens is 2. The highest BCUT2D eigenvalue weighted by molar-refractivity contribution is 6.35. The average molecular weight is 397 g/mol. The van der Waals surface area contributed by atoms with Crippen LogP contribution in [0.1, 0.15) is 23.4 Å². The molecule has 1 aromatic heterocycles. The number of carbonyl (C=O) groups excluding carboxylic acids is 2. The standard InChI is InChI=1S/C18H19Cl2N3O3/c19-12-3-4-14(20)15(10-12)22-17(24)11-23-7-5-13(6-8-23)21-18(25)16-2-1-9-26-16/h1-4,9-10,13H,5-8,11H2,(H,21,25)(H,22,24)/p+1. The number of hydrogen-bond acceptors (Lipinski definition) is 3. The zero-order valence-electron chi connectivity index (χ0n) is 14.1. The molecule has 26 heavy (non-hydrogen) atoms. The molecule has 3 rings (SSSR count). The van der Waals surface area contributed by atoms with Gasteiger partial charge in [-0.15, -0.1) is 0 Å². The third-order valence-corrected chi connectivity index (χ3v) is 4.95. The van der Waals surface area contributed by atoms with Crippen molar-refractivity contribution < 1.29 is 18.9 Å². The number of nitrogens with one attached hydrogen (secondary N) is 3. The highest BCUT2D eigenvalue weighted by atomic mass is 35.5. The topological polar surface area (TPSA) is 75.8 Å². The van der Waals surface area contributed by atoms with E-state index in [0.717, 1.165) is 25.9 Å². The fourth-order valence-electron chi connectivity index (χ4n) is 3.03. The molecule has 1 fully saturated rings. The van der Waals surface area contributed by atoms with Crippen LogP contribution in [0, 0.1) is 0 Å². The Morgan fingerprint density at radius 1 is 1.19 bits per heavy atom. The summed E-state index contributed by atoms with van der Waals surface area (Å²) in [5.74, 6) is 0.0107. The van der Waals surface area contributed by atoms with Gasteiger partial charge in [0.25, 0.3) is 11.8 Å². The molecule has 2 amide bonds. The molecule has 138 valence electrons. The number of quaternary nitrogens is 1. The zero-order chi connectivity index (χ0) is 18.5. The molecule has 1 aliphatic heterocycles. The molecule has 0 unspecified atom stereocenters. The number of rotatable bonds is 5. The molecule has 0 aliphatic carbocycles. The number of likely N-dealkylation sites (tertiary alicyclic amines) is 1. The second-order valence-corrected chi connectivity index (χ2v) is 7.17. The van der Waals surface area contributed by atoms with E-state index in [-0.39, 0.29) is 17.9 Å². The molecule has 0 saturated carbocycles. The molecule has 2 heterocycles. The van der Waals surface area contributed by atoms with Crippen LogP contribution < -0.4 is 15.5 Å². The Hall–Kier alpha value is -2.02. The fraction of sp³-hybridized carbons (Fsp3) is 0.333. The first-order valence-electron chi connectivity index (χ1n) is 8.44. The summed E-state index contributed by atoms with van der Waals surface area (Å²) in [6.45, 7) is 1.96. The summed E-state index contributed by atoms with van der Waals surface area (Å²) in [5.41, 5.74) is 0.518. The Kier molecular flexibility index (Phi) is 6.19. The molecule has 6 nitrogen and oxygen atoms in total. The highest BCUT2D eigenvalue weighted by Gasteiger charge is 2.26. The lowest BCUT2D eigenvalue weighted by atomic mass is 10.0. The summed E-state index contributed by atoms with van der Waals surface area (Å²) in [5, 5.41) is 6.75.